The molecule has 0 aromatic carbocycles. The van der Waals surface area contributed by atoms with Crippen LogP contribution < -0.4 is 0 Å². The molecule has 0 heterocycles. The fourth-order valence-corrected chi connectivity index (χ4v) is 5.19. The Morgan fingerprint density at radius 3 is 2.31 bits per heavy atom. The summed E-state index contributed by atoms with van der Waals surface area (Å²) in [5, 5.41) is 9.89. The summed E-state index contributed by atoms with van der Waals surface area (Å²) in [6.45, 7) is 10.8. The second kappa shape index (κ2) is 2.93. The molecule has 0 radical (unpaired) electrons. The van der Waals surface area contributed by atoms with Gasteiger partial charge in [-0.3, -0.25) is 0 Å². The first-order chi connectivity index (χ1) is 7.41. The van der Waals surface area contributed by atoms with Crippen LogP contribution in [0.25, 0.3) is 0 Å². The maximum absolute atomic E-state index is 9.89. The summed E-state index contributed by atoms with van der Waals surface area (Å²) in [6, 6.07) is 0. The molecule has 0 aromatic heterocycles. The minimum absolute atomic E-state index is 0.282. The van der Waals surface area contributed by atoms with E-state index in [4.69, 9.17) is 0 Å². The Bertz CT molecular complexity index is 333. The molecule has 1 heteroatoms. The van der Waals surface area contributed by atoms with Crippen LogP contribution >= 0.6 is 0 Å². The highest BCUT2D eigenvalue weighted by Crippen LogP contribution is 2.87. The third-order valence-electron chi connectivity index (χ3n) is 6.63. The van der Waals surface area contributed by atoms with Crippen LogP contribution in [-0.2, 0) is 0 Å². The molecule has 90 valence electrons. The van der Waals surface area contributed by atoms with Crippen molar-refractivity contribution < 1.29 is 5.11 Å². The Morgan fingerprint density at radius 1 is 1.38 bits per heavy atom. The lowest BCUT2D eigenvalue weighted by molar-refractivity contribution is 0.112. The highest BCUT2D eigenvalue weighted by Gasteiger charge is 2.80. The van der Waals surface area contributed by atoms with E-state index in [1.165, 1.54) is 19.3 Å². The topological polar surface area (TPSA) is 20.2 Å². The number of hydrogen-bond donors (Lipinski definition) is 1. The number of hydrogen-bond acceptors (Lipinski definition) is 1. The van der Waals surface area contributed by atoms with Gasteiger partial charge in [0.2, 0.25) is 0 Å². The predicted octanol–water partition coefficient (Wildman–Crippen LogP) is 3.39. The van der Waals surface area contributed by atoms with Gasteiger partial charge in [-0.15, -0.1) is 0 Å². The zero-order valence-electron chi connectivity index (χ0n) is 10.8. The van der Waals surface area contributed by atoms with Crippen LogP contribution in [0.3, 0.4) is 0 Å². The highest BCUT2D eigenvalue weighted by atomic mass is 16.3. The van der Waals surface area contributed by atoms with E-state index in [0.717, 1.165) is 29.7 Å². The average Bonchev–Trinajstić information content (AvgIpc) is 2.58. The molecule has 1 N–H and O–H groups in total. The van der Waals surface area contributed by atoms with Crippen molar-refractivity contribution in [2.45, 2.75) is 52.6 Å². The van der Waals surface area contributed by atoms with Gasteiger partial charge in [-0.2, -0.15) is 0 Å². The van der Waals surface area contributed by atoms with Gasteiger partial charge >= 0.3 is 0 Å². The lowest BCUT2D eigenvalue weighted by Gasteiger charge is -2.35. The van der Waals surface area contributed by atoms with Crippen LogP contribution in [-0.4, -0.2) is 11.2 Å². The molecule has 4 rings (SSSR count). The molecular formula is C15H24O. The van der Waals surface area contributed by atoms with Gasteiger partial charge in [-0.25, -0.2) is 0 Å². The first kappa shape index (κ1) is 10.8. The summed E-state index contributed by atoms with van der Waals surface area (Å²) in [7, 11) is 0. The van der Waals surface area contributed by atoms with E-state index < -0.39 is 0 Å². The van der Waals surface area contributed by atoms with Crippen molar-refractivity contribution in [1.29, 1.82) is 0 Å². The van der Waals surface area contributed by atoms with Gasteiger partial charge in [0.1, 0.15) is 0 Å². The molecule has 4 aliphatic carbocycles. The van der Waals surface area contributed by atoms with E-state index in [-0.39, 0.29) is 6.10 Å². The van der Waals surface area contributed by atoms with E-state index in [0.29, 0.717) is 10.8 Å². The first-order valence-corrected chi connectivity index (χ1v) is 6.74. The third-order valence-corrected chi connectivity index (χ3v) is 6.63. The zero-order valence-corrected chi connectivity index (χ0v) is 10.8. The maximum atomic E-state index is 9.89. The van der Waals surface area contributed by atoms with Gasteiger partial charge in [0.05, 0.1) is 6.10 Å². The van der Waals surface area contributed by atoms with Gasteiger partial charge in [-0.05, 0) is 61.2 Å². The van der Waals surface area contributed by atoms with Gasteiger partial charge < -0.3 is 5.11 Å². The standard InChI is InChI=1S/C15H24O/c1-9(2)13(16)5-6-14(3)10-7-11-12(8-10)15(11,14)4/h10-13,16H,1,5-8H2,2-4H3. The van der Waals surface area contributed by atoms with Crippen molar-refractivity contribution >= 4 is 0 Å². The van der Waals surface area contributed by atoms with E-state index in [2.05, 4.69) is 20.4 Å². The summed E-state index contributed by atoms with van der Waals surface area (Å²) in [5.74, 6) is 3.01. The molecule has 1 nitrogen and oxygen atoms in total. The van der Waals surface area contributed by atoms with Crippen LogP contribution in [0, 0.1) is 28.6 Å². The Kier molecular flexibility index (Phi) is 1.98. The summed E-state index contributed by atoms with van der Waals surface area (Å²) < 4.78 is 0. The lowest BCUT2D eigenvalue weighted by atomic mass is 9.70. The molecule has 0 aromatic rings. The smallest absolute Gasteiger partial charge is 0.0745 e. The Morgan fingerprint density at radius 2 is 1.94 bits per heavy atom. The van der Waals surface area contributed by atoms with Crippen LogP contribution in [0.5, 0.6) is 0 Å². The Balaban J connectivity index is 1.70. The first-order valence-electron chi connectivity index (χ1n) is 6.74. The van der Waals surface area contributed by atoms with Crippen LogP contribution in [0.15, 0.2) is 12.2 Å². The molecule has 16 heavy (non-hydrogen) atoms. The highest BCUT2D eigenvalue weighted by molar-refractivity contribution is 5.28. The maximum Gasteiger partial charge on any atom is 0.0745 e. The van der Waals surface area contributed by atoms with Crippen LogP contribution in [0.4, 0.5) is 0 Å². The van der Waals surface area contributed by atoms with Crippen molar-refractivity contribution in [2.24, 2.45) is 28.6 Å². The summed E-state index contributed by atoms with van der Waals surface area (Å²) in [4.78, 5) is 0. The molecular weight excluding hydrogens is 196 g/mol. The molecule has 0 aliphatic heterocycles. The van der Waals surface area contributed by atoms with E-state index in [1.54, 1.807) is 0 Å². The van der Waals surface area contributed by atoms with E-state index >= 15 is 0 Å². The fourth-order valence-electron chi connectivity index (χ4n) is 5.19. The lowest BCUT2D eigenvalue weighted by Crippen LogP contribution is -2.28. The monoisotopic (exact) mass is 220 g/mol. The number of aliphatic hydroxyl groups is 1. The molecule has 4 unspecified atom stereocenters. The second-order valence-corrected chi connectivity index (χ2v) is 6.98. The average molecular weight is 220 g/mol. The van der Waals surface area contributed by atoms with Gasteiger partial charge in [-0.1, -0.05) is 26.0 Å². The zero-order chi connectivity index (χ0) is 11.7. The largest absolute Gasteiger partial charge is 0.389 e. The third kappa shape index (κ3) is 1.01. The van der Waals surface area contributed by atoms with E-state index in [1.807, 2.05) is 6.92 Å². The molecule has 4 bridgehead atoms. The minimum atomic E-state index is -0.282. The number of aliphatic hydroxyl groups excluding tert-OH is 1. The Labute approximate surface area is 98.9 Å². The second-order valence-electron chi connectivity index (χ2n) is 6.98. The molecule has 4 atom stereocenters. The van der Waals surface area contributed by atoms with Crippen molar-refractivity contribution in [3.05, 3.63) is 12.2 Å². The number of rotatable bonds is 4. The molecule has 0 amide bonds. The van der Waals surface area contributed by atoms with E-state index in [9.17, 15) is 5.11 Å². The minimum Gasteiger partial charge on any atom is -0.389 e. The van der Waals surface area contributed by atoms with Gasteiger partial charge in [0.15, 0.2) is 0 Å². The van der Waals surface area contributed by atoms with Crippen LogP contribution in [0.1, 0.15) is 46.5 Å². The predicted molar refractivity (Wildman–Crippen MR) is 66.0 cm³/mol. The SMILES string of the molecule is C=C(C)C(O)CCC1(C)C2CC3C(C2)C31C. The van der Waals surface area contributed by atoms with Gasteiger partial charge in [0, 0.05) is 0 Å². The summed E-state index contributed by atoms with van der Waals surface area (Å²) in [5.41, 5.74) is 2.07. The van der Waals surface area contributed by atoms with Crippen LogP contribution in [0.2, 0.25) is 0 Å². The molecule has 4 fully saturated rings. The quantitative estimate of drug-likeness (QED) is 0.720. The molecule has 0 spiro atoms. The molecule has 0 saturated heterocycles. The van der Waals surface area contributed by atoms with Crippen molar-refractivity contribution in [2.75, 3.05) is 0 Å². The normalized spacial score (nSPS) is 54.1. The molecule has 4 aliphatic rings. The summed E-state index contributed by atoms with van der Waals surface area (Å²) >= 11 is 0. The van der Waals surface area contributed by atoms with Crippen molar-refractivity contribution in [3.8, 4) is 0 Å². The van der Waals surface area contributed by atoms with Crippen molar-refractivity contribution in [1.82, 2.24) is 0 Å². The molecule has 4 saturated carbocycles. The Hall–Kier alpha value is -0.300. The summed E-state index contributed by atoms with van der Waals surface area (Å²) in [6.07, 6.45) is 4.77. The van der Waals surface area contributed by atoms with Gasteiger partial charge in [0.25, 0.3) is 0 Å². The fraction of sp³-hybridized carbons (Fsp3) is 0.867. The van der Waals surface area contributed by atoms with Crippen molar-refractivity contribution in [3.63, 3.8) is 0 Å².